The van der Waals surface area contributed by atoms with Gasteiger partial charge in [0, 0.05) is 24.0 Å². The van der Waals surface area contributed by atoms with Crippen molar-refractivity contribution < 1.29 is 9.90 Å². The molecule has 0 aliphatic carbocycles. The molecule has 3 aromatic rings. The molecule has 0 saturated heterocycles. The fourth-order valence-corrected chi connectivity index (χ4v) is 3.70. The quantitative estimate of drug-likeness (QED) is 0.749. The number of nitriles is 1. The number of likely N-dealkylation sites (N-methyl/N-ethyl adjacent to an activating group) is 1. The number of hydrogen-bond donors (Lipinski definition) is 1. The Morgan fingerprint density at radius 3 is 2.64 bits per heavy atom. The molecule has 0 bridgehead atoms. The third-order valence-corrected chi connectivity index (χ3v) is 5.11. The van der Waals surface area contributed by atoms with Crippen LogP contribution >= 0.6 is 0 Å². The van der Waals surface area contributed by atoms with Gasteiger partial charge in [0.25, 0.3) is 0 Å². The molecule has 1 N–H and O–H groups in total. The van der Waals surface area contributed by atoms with E-state index in [9.17, 15) is 9.90 Å². The van der Waals surface area contributed by atoms with E-state index in [2.05, 4.69) is 17.9 Å². The molecule has 4 rings (SSSR count). The Morgan fingerprint density at radius 2 is 1.96 bits per heavy atom. The number of fused-ring (bicyclic) bond motifs is 2. The highest BCUT2D eigenvalue weighted by atomic mass is 16.4. The molecule has 2 aromatic carbocycles. The fraction of sp³-hybridized carbons (Fsp3) is 0.174. The van der Waals surface area contributed by atoms with Crippen molar-refractivity contribution in [1.82, 2.24) is 9.88 Å². The van der Waals surface area contributed by atoms with Crippen molar-refractivity contribution in [2.24, 2.45) is 0 Å². The van der Waals surface area contributed by atoms with E-state index >= 15 is 0 Å². The summed E-state index contributed by atoms with van der Waals surface area (Å²) in [6.07, 6.45) is 2.04. The average molecular weight is 369 g/mol. The van der Waals surface area contributed by atoms with Crippen LogP contribution in [0.3, 0.4) is 0 Å². The molecule has 0 fully saturated rings. The summed E-state index contributed by atoms with van der Waals surface area (Å²) >= 11 is 0. The summed E-state index contributed by atoms with van der Waals surface area (Å²) in [4.78, 5) is 19.2. The van der Waals surface area contributed by atoms with Crippen molar-refractivity contribution >= 4 is 28.5 Å². The van der Waals surface area contributed by atoms with Gasteiger partial charge in [-0.25, -0.2) is 9.78 Å². The van der Waals surface area contributed by atoms with Gasteiger partial charge in [0.1, 0.15) is 0 Å². The fourth-order valence-electron chi connectivity index (χ4n) is 3.70. The molecular weight excluding hydrogens is 350 g/mol. The van der Waals surface area contributed by atoms with Gasteiger partial charge >= 0.3 is 5.97 Å². The van der Waals surface area contributed by atoms with Gasteiger partial charge in [-0.05, 0) is 42.0 Å². The third kappa shape index (κ3) is 3.15. The summed E-state index contributed by atoms with van der Waals surface area (Å²) in [5.41, 5.74) is 5.10. The summed E-state index contributed by atoms with van der Waals surface area (Å²) in [6, 6.07) is 16.9. The van der Waals surface area contributed by atoms with Crippen LogP contribution in [0.2, 0.25) is 0 Å². The molecule has 5 nitrogen and oxygen atoms in total. The minimum Gasteiger partial charge on any atom is -0.478 e. The zero-order valence-corrected chi connectivity index (χ0v) is 15.5. The van der Waals surface area contributed by atoms with Crippen LogP contribution in [0.25, 0.3) is 22.6 Å². The number of nitrogens with zero attached hydrogens (tertiary/aromatic N) is 3. The van der Waals surface area contributed by atoms with Gasteiger partial charge in [-0.3, -0.25) is 4.90 Å². The van der Waals surface area contributed by atoms with Crippen molar-refractivity contribution in [3.63, 3.8) is 0 Å². The van der Waals surface area contributed by atoms with Crippen LogP contribution < -0.4 is 0 Å². The van der Waals surface area contributed by atoms with E-state index < -0.39 is 5.97 Å². The molecule has 0 atom stereocenters. The standard InChI is InChI=1S/C23H19N3O2/c1-2-26-13-17(11-15-7-9-16(12-24)10-8-15)22-19(14-26)21(23(27)28)18-5-3-4-6-20(18)25-22/h3-11H,2,13-14H2,1H3,(H,27,28)/b17-11-. The first-order chi connectivity index (χ1) is 13.6. The van der Waals surface area contributed by atoms with Crippen LogP contribution in [0.15, 0.2) is 48.5 Å². The molecule has 1 aliphatic rings. The number of carbonyl (C=O) groups is 1. The highest BCUT2D eigenvalue weighted by Crippen LogP contribution is 2.33. The lowest BCUT2D eigenvalue weighted by Crippen LogP contribution is -2.31. The first-order valence-electron chi connectivity index (χ1n) is 9.19. The Hall–Kier alpha value is -3.49. The Labute approximate surface area is 163 Å². The molecule has 1 aliphatic heterocycles. The molecular formula is C23H19N3O2. The SMILES string of the molecule is CCN1C/C(=C/c2ccc(C#N)cc2)c2nc3ccccc3c(C(=O)O)c2C1. The van der Waals surface area contributed by atoms with Crippen molar-refractivity contribution in [2.45, 2.75) is 13.5 Å². The van der Waals surface area contributed by atoms with Gasteiger partial charge in [-0.15, -0.1) is 0 Å². The molecule has 0 unspecified atom stereocenters. The lowest BCUT2D eigenvalue weighted by molar-refractivity contribution is 0.0696. The number of hydrogen-bond acceptors (Lipinski definition) is 4. The maximum Gasteiger partial charge on any atom is 0.336 e. The van der Waals surface area contributed by atoms with E-state index in [4.69, 9.17) is 10.2 Å². The van der Waals surface area contributed by atoms with E-state index in [0.29, 0.717) is 35.1 Å². The van der Waals surface area contributed by atoms with Crippen LogP contribution in [-0.2, 0) is 6.54 Å². The minimum atomic E-state index is -0.925. The summed E-state index contributed by atoms with van der Waals surface area (Å²) in [5, 5.41) is 19.6. The normalized spacial score (nSPS) is 15.4. The number of rotatable bonds is 3. The van der Waals surface area contributed by atoms with Crippen molar-refractivity contribution in [1.29, 1.82) is 5.26 Å². The molecule has 28 heavy (non-hydrogen) atoms. The number of carboxylic acid groups (broad SMARTS) is 1. The Balaban J connectivity index is 1.95. The van der Waals surface area contributed by atoms with Gasteiger partial charge in [-0.2, -0.15) is 5.26 Å². The topological polar surface area (TPSA) is 77.2 Å². The zero-order chi connectivity index (χ0) is 19.7. The van der Waals surface area contributed by atoms with Crippen molar-refractivity contribution in [3.05, 3.63) is 76.5 Å². The van der Waals surface area contributed by atoms with Crippen LogP contribution in [0.4, 0.5) is 0 Å². The number of benzene rings is 2. The Morgan fingerprint density at radius 1 is 1.21 bits per heavy atom. The molecule has 0 spiro atoms. The summed E-state index contributed by atoms with van der Waals surface area (Å²) < 4.78 is 0. The number of carboxylic acids is 1. The number of aromatic nitrogens is 1. The highest BCUT2D eigenvalue weighted by molar-refractivity contribution is 6.06. The van der Waals surface area contributed by atoms with Gasteiger partial charge in [0.05, 0.1) is 28.4 Å². The average Bonchev–Trinajstić information content (AvgIpc) is 2.72. The van der Waals surface area contributed by atoms with E-state index in [-0.39, 0.29) is 0 Å². The molecule has 0 radical (unpaired) electrons. The number of pyridine rings is 1. The largest absolute Gasteiger partial charge is 0.478 e. The second-order valence-corrected chi connectivity index (χ2v) is 6.84. The third-order valence-electron chi connectivity index (χ3n) is 5.11. The van der Waals surface area contributed by atoms with Crippen LogP contribution in [-0.4, -0.2) is 34.0 Å². The maximum atomic E-state index is 12.1. The van der Waals surface area contributed by atoms with Crippen LogP contribution in [0, 0.1) is 11.3 Å². The van der Waals surface area contributed by atoms with E-state index in [1.54, 1.807) is 12.1 Å². The summed E-state index contributed by atoms with van der Waals surface area (Å²) in [6.45, 7) is 4.15. The highest BCUT2D eigenvalue weighted by Gasteiger charge is 2.27. The van der Waals surface area contributed by atoms with Crippen LogP contribution in [0.1, 0.15) is 39.7 Å². The van der Waals surface area contributed by atoms with Gasteiger partial charge < -0.3 is 5.11 Å². The van der Waals surface area contributed by atoms with Crippen LogP contribution in [0.5, 0.6) is 0 Å². The smallest absolute Gasteiger partial charge is 0.336 e. The first kappa shape index (κ1) is 17.9. The first-order valence-corrected chi connectivity index (χ1v) is 9.19. The molecule has 0 amide bonds. The van der Waals surface area contributed by atoms with Crippen molar-refractivity contribution in [3.8, 4) is 6.07 Å². The summed E-state index contributed by atoms with van der Waals surface area (Å²) in [7, 11) is 0. The zero-order valence-electron chi connectivity index (χ0n) is 15.5. The molecule has 0 saturated carbocycles. The van der Waals surface area contributed by atoms with E-state index in [1.807, 2.05) is 42.5 Å². The predicted octanol–water partition coefficient (Wildman–Crippen LogP) is 4.18. The predicted molar refractivity (Wildman–Crippen MR) is 109 cm³/mol. The molecule has 5 heteroatoms. The lowest BCUT2D eigenvalue weighted by Gasteiger charge is -2.30. The lowest BCUT2D eigenvalue weighted by atomic mass is 9.92. The Kier molecular flexibility index (Phi) is 4.64. The van der Waals surface area contributed by atoms with E-state index in [0.717, 1.165) is 28.9 Å². The number of aromatic carboxylic acids is 1. The van der Waals surface area contributed by atoms with E-state index in [1.165, 1.54) is 0 Å². The second kappa shape index (κ2) is 7.26. The maximum absolute atomic E-state index is 12.1. The van der Waals surface area contributed by atoms with Crippen molar-refractivity contribution in [2.75, 3.05) is 13.1 Å². The molecule has 2 heterocycles. The molecule has 1 aromatic heterocycles. The minimum absolute atomic E-state index is 0.337. The van der Waals surface area contributed by atoms with Gasteiger partial charge in [-0.1, -0.05) is 37.3 Å². The number of para-hydroxylation sites is 1. The second-order valence-electron chi connectivity index (χ2n) is 6.84. The van der Waals surface area contributed by atoms with Gasteiger partial charge in [0.2, 0.25) is 0 Å². The molecule has 138 valence electrons. The summed E-state index contributed by atoms with van der Waals surface area (Å²) in [5.74, 6) is -0.925. The monoisotopic (exact) mass is 369 g/mol. The Bertz CT molecular complexity index is 1140. The van der Waals surface area contributed by atoms with Gasteiger partial charge in [0.15, 0.2) is 0 Å².